The second-order valence-electron chi connectivity index (χ2n) is 19.8. The van der Waals surface area contributed by atoms with E-state index in [1.54, 1.807) is 0 Å². The van der Waals surface area contributed by atoms with Gasteiger partial charge in [0, 0.05) is 19.3 Å². The van der Waals surface area contributed by atoms with Crippen LogP contribution in [0.1, 0.15) is 258 Å². The van der Waals surface area contributed by atoms with Gasteiger partial charge in [0.05, 0.1) is 34.4 Å². The zero-order valence-electron chi connectivity index (χ0n) is 43.5. The first-order valence-corrected chi connectivity index (χ1v) is 27.5. The molecule has 1 N–H and O–H groups in total. The first kappa shape index (κ1) is 62.5. The van der Waals surface area contributed by atoms with E-state index in [1.165, 1.54) is 173 Å². The number of ether oxygens (including phenoxy) is 3. The largest absolute Gasteiger partial charge is 0.477 e. The van der Waals surface area contributed by atoms with E-state index in [-0.39, 0.29) is 36.2 Å². The Morgan fingerprint density at radius 3 is 1.20 bits per heavy atom. The van der Waals surface area contributed by atoms with Crippen molar-refractivity contribution < 1.29 is 38.2 Å². The minimum Gasteiger partial charge on any atom is -0.477 e. The quantitative estimate of drug-likeness (QED) is 0.0281. The number of rotatable bonds is 50. The Kier molecular flexibility index (Phi) is 46.2. The van der Waals surface area contributed by atoms with E-state index in [0.29, 0.717) is 19.3 Å². The smallest absolute Gasteiger partial charge is 0.362 e. The zero-order valence-corrected chi connectivity index (χ0v) is 43.5. The van der Waals surface area contributed by atoms with E-state index in [9.17, 15) is 19.5 Å². The normalized spacial score (nSPS) is 13.1. The van der Waals surface area contributed by atoms with Crippen LogP contribution in [0.5, 0.6) is 0 Å². The molecule has 0 bridgehead atoms. The number of esters is 2. The molecule has 0 aliphatic carbocycles. The van der Waals surface area contributed by atoms with Crippen molar-refractivity contribution in [1.82, 2.24) is 0 Å². The molecule has 2 unspecified atom stereocenters. The van der Waals surface area contributed by atoms with Crippen LogP contribution in [0.3, 0.4) is 0 Å². The highest BCUT2D eigenvalue weighted by molar-refractivity contribution is 5.72. The van der Waals surface area contributed by atoms with Gasteiger partial charge in [-0.3, -0.25) is 9.59 Å². The lowest BCUT2D eigenvalue weighted by molar-refractivity contribution is -0.887. The average Bonchev–Trinajstić information content (AvgIpc) is 3.27. The SMILES string of the molecule is CCCCCCCCCC/C=C/C/C=C/CCCCCCCCCC(=O)OCC(COCCC(C(=O)O)[N+](C)(C)C)OC(=O)CCCCCCCCC/C=C/CCCCCCCCCC. The Morgan fingerprint density at radius 1 is 0.462 bits per heavy atom. The van der Waals surface area contributed by atoms with Gasteiger partial charge in [-0.2, -0.15) is 0 Å². The molecule has 0 aliphatic heterocycles. The number of carboxylic acids is 1. The molecule has 0 spiro atoms. The number of likely N-dealkylation sites (N-methyl/N-ethyl adjacent to an activating group) is 1. The molecule has 0 fully saturated rings. The predicted octanol–water partition coefficient (Wildman–Crippen LogP) is 16.1. The van der Waals surface area contributed by atoms with Gasteiger partial charge in [-0.25, -0.2) is 4.79 Å². The molecule has 0 radical (unpaired) electrons. The summed E-state index contributed by atoms with van der Waals surface area (Å²) >= 11 is 0. The maximum Gasteiger partial charge on any atom is 0.362 e. The molecule has 0 amide bonds. The van der Waals surface area contributed by atoms with Gasteiger partial charge in [0.2, 0.25) is 0 Å². The molecular formula is C57H106NO7+. The number of aliphatic carboxylic acids is 1. The Morgan fingerprint density at radius 2 is 0.815 bits per heavy atom. The molecule has 0 aromatic heterocycles. The van der Waals surface area contributed by atoms with Gasteiger partial charge < -0.3 is 23.8 Å². The highest BCUT2D eigenvalue weighted by Crippen LogP contribution is 2.16. The standard InChI is InChI=1S/C57H105NO7/c1-6-8-10-12-14-16-18-20-22-24-26-27-28-30-31-33-35-37-39-41-43-45-47-55(59)64-52-53(51-63-50-49-54(57(61)62)58(3,4)5)65-56(60)48-46-44-42-40-38-36-34-32-29-25-23-21-19-17-15-13-11-9-7-2/h24-26,28-30,53-54H,6-23,27,31-52H2,1-5H3/p+1/b26-24+,29-25+,30-28+. The molecule has 0 aromatic rings. The van der Waals surface area contributed by atoms with Gasteiger partial charge in [0.15, 0.2) is 12.1 Å². The van der Waals surface area contributed by atoms with E-state index in [1.807, 2.05) is 21.1 Å². The van der Waals surface area contributed by atoms with Crippen LogP contribution in [0, 0.1) is 0 Å². The molecule has 0 saturated heterocycles. The Bertz CT molecular complexity index is 1160. The fraction of sp³-hybridized carbons (Fsp3) is 0.842. The number of unbranched alkanes of at least 4 members (excludes halogenated alkanes) is 30. The van der Waals surface area contributed by atoms with Gasteiger partial charge in [-0.15, -0.1) is 0 Å². The fourth-order valence-corrected chi connectivity index (χ4v) is 8.24. The van der Waals surface area contributed by atoms with Crippen LogP contribution in [-0.2, 0) is 28.6 Å². The summed E-state index contributed by atoms with van der Waals surface area (Å²) in [5.41, 5.74) is 0. The molecule has 0 aromatic carbocycles. The molecule has 65 heavy (non-hydrogen) atoms. The second-order valence-corrected chi connectivity index (χ2v) is 19.8. The monoisotopic (exact) mass is 917 g/mol. The summed E-state index contributed by atoms with van der Waals surface area (Å²) in [6, 6.07) is -0.617. The summed E-state index contributed by atoms with van der Waals surface area (Å²) in [6.07, 6.45) is 57.7. The van der Waals surface area contributed by atoms with Crippen molar-refractivity contribution >= 4 is 17.9 Å². The van der Waals surface area contributed by atoms with Gasteiger partial charge >= 0.3 is 17.9 Å². The third kappa shape index (κ3) is 46.4. The van der Waals surface area contributed by atoms with Crippen LogP contribution in [-0.4, -0.2) is 80.6 Å². The number of carboxylic acid groups (broad SMARTS) is 1. The molecular weight excluding hydrogens is 811 g/mol. The number of nitrogens with zero attached hydrogens (tertiary/aromatic N) is 1. The molecule has 8 heteroatoms. The van der Waals surface area contributed by atoms with Gasteiger partial charge in [-0.05, 0) is 70.6 Å². The Balaban J connectivity index is 4.21. The molecule has 0 rings (SSSR count). The fourth-order valence-electron chi connectivity index (χ4n) is 8.24. The number of quaternary nitrogens is 1. The van der Waals surface area contributed by atoms with Crippen molar-refractivity contribution in [1.29, 1.82) is 0 Å². The van der Waals surface area contributed by atoms with Crippen molar-refractivity contribution in [2.45, 2.75) is 270 Å². The lowest BCUT2D eigenvalue weighted by Gasteiger charge is -2.31. The summed E-state index contributed by atoms with van der Waals surface area (Å²) in [6.45, 7) is 4.76. The first-order chi connectivity index (χ1) is 31.6. The Hall–Kier alpha value is -2.45. The van der Waals surface area contributed by atoms with Crippen molar-refractivity contribution in [2.24, 2.45) is 0 Å². The maximum atomic E-state index is 12.8. The van der Waals surface area contributed by atoms with E-state index < -0.39 is 18.1 Å². The van der Waals surface area contributed by atoms with Crippen molar-refractivity contribution in [3.8, 4) is 0 Å². The summed E-state index contributed by atoms with van der Waals surface area (Å²) < 4.78 is 17.4. The molecule has 0 aliphatic rings. The lowest BCUT2D eigenvalue weighted by Crippen LogP contribution is -2.50. The number of hydrogen-bond acceptors (Lipinski definition) is 6. The predicted molar refractivity (Wildman–Crippen MR) is 275 cm³/mol. The summed E-state index contributed by atoms with van der Waals surface area (Å²) in [7, 11) is 5.54. The van der Waals surface area contributed by atoms with Crippen molar-refractivity contribution in [3.63, 3.8) is 0 Å². The van der Waals surface area contributed by atoms with Crippen molar-refractivity contribution in [2.75, 3.05) is 41.0 Å². The summed E-state index contributed by atoms with van der Waals surface area (Å²) in [5, 5.41) is 9.67. The van der Waals surface area contributed by atoms with Crippen LogP contribution in [0.2, 0.25) is 0 Å². The number of carbonyl (C=O) groups is 3. The third-order valence-electron chi connectivity index (χ3n) is 12.5. The van der Waals surface area contributed by atoms with E-state index in [4.69, 9.17) is 14.2 Å². The number of allylic oxidation sites excluding steroid dienone is 6. The van der Waals surface area contributed by atoms with Crippen LogP contribution in [0.25, 0.3) is 0 Å². The lowest BCUT2D eigenvalue weighted by atomic mass is 10.1. The van der Waals surface area contributed by atoms with Gasteiger partial charge in [-0.1, -0.05) is 204 Å². The highest BCUT2D eigenvalue weighted by Gasteiger charge is 2.31. The number of hydrogen-bond donors (Lipinski definition) is 1. The molecule has 0 heterocycles. The van der Waals surface area contributed by atoms with Crippen molar-refractivity contribution in [3.05, 3.63) is 36.5 Å². The highest BCUT2D eigenvalue weighted by atomic mass is 16.6. The van der Waals surface area contributed by atoms with Crippen LogP contribution < -0.4 is 0 Å². The minimum atomic E-state index is -0.874. The molecule has 8 nitrogen and oxygen atoms in total. The summed E-state index contributed by atoms with van der Waals surface area (Å²) in [5.74, 6) is -1.47. The Labute approximate surface area is 402 Å². The van der Waals surface area contributed by atoms with E-state index in [0.717, 1.165) is 51.4 Å². The average molecular weight is 917 g/mol. The maximum absolute atomic E-state index is 12.8. The topological polar surface area (TPSA) is 99.1 Å². The molecule has 2 atom stereocenters. The second kappa shape index (κ2) is 48.0. The minimum absolute atomic E-state index is 0.0549. The van der Waals surface area contributed by atoms with E-state index >= 15 is 0 Å². The first-order valence-electron chi connectivity index (χ1n) is 27.5. The summed E-state index contributed by atoms with van der Waals surface area (Å²) in [4.78, 5) is 37.2. The van der Waals surface area contributed by atoms with Gasteiger partial charge in [0.25, 0.3) is 0 Å². The van der Waals surface area contributed by atoms with Crippen LogP contribution >= 0.6 is 0 Å². The third-order valence-corrected chi connectivity index (χ3v) is 12.5. The van der Waals surface area contributed by atoms with Crippen LogP contribution in [0.15, 0.2) is 36.5 Å². The van der Waals surface area contributed by atoms with Crippen LogP contribution in [0.4, 0.5) is 0 Å². The zero-order chi connectivity index (χ0) is 47.7. The number of carbonyl (C=O) groups excluding carboxylic acids is 2. The molecule has 0 saturated carbocycles. The van der Waals surface area contributed by atoms with Gasteiger partial charge in [0.1, 0.15) is 6.61 Å². The molecule has 380 valence electrons. The van der Waals surface area contributed by atoms with E-state index in [2.05, 4.69) is 50.3 Å².